The van der Waals surface area contributed by atoms with Crippen LogP contribution < -0.4 is 10.1 Å². The SMILES string of the molecule is C=CCOc1c(C)cccc1CN1OC(CO)C([C@H](C)O)C1C(=O)N[C@H]1CCC(C)(C)CC1C.CC. The van der Waals surface area contributed by atoms with Gasteiger partial charge in [0.05, 0.1) is 19.3 Å². The molecule has 1 saturated heterocycles. The molecule has 7 nitrogen and oxygen atoms in total. The standard InChI is InChI=1S/C27H42N2O5.C2H6/c1-7-13-33-25-17(2)9-8-10-20(25)15-29-24(23(19(4)31)22(16-30)34-29)26(32)28-21-11-12-27(5,6)14-18(21)3;1-2/h7-10,18-19,21-24,30-31H,1,11-16H2,2-6H3,(H,28,32);1-2H3/t18?,19-,21-,22?,23?,24?;/m0./s1. The van der Waals surface area contributed by atoms with Crippen molar-refractivity contribution in [1.82, 2.24) is 10.4 Å². The summed E-state index contributed by atoms with van der Waals surface area (Å²) in [6.07, 6.45) is 3.23. The van der Waals surface area contributed by atoms with E-state index in [1.165, 1.54) is 0 Å². The van der Waals surface area contributed by atoms with Crippen LogP contribution in [0, 0.1) is 24.2 Å². The van der Waals surface area contributed by atoms with Crippen molar-refractivity contribution in [2.24, 2.45) is 17.3 Å². The number of para-hydroxylation sites is 1. The first-order chi connectivity index (χ1) is 17.1. The fourth-order valence-corrected chi connectivity index (χ4v) is 5.66. The maximum atomic E-state index is 13.7. The van der Waals surface area contributed by atoms with Gasteiger partial charge in [0.15, 0.2) is 0 Å². The minimum absolute atomic E-state index is 0.0793. The van der Waals surface area contributed by atoms with Gasteiger partial charge in [0.1, 0.15) is 24.5 Å². The van der Waals surface area contributed by atoms with Crippen LogP contribution in [-0.4, -0.2) is 58.7 Å². The van der Waals surface area contributed by atoms with Gasteiger partial charge in [-0.05, 0) is 50.0 Å². The first kappa shape index (κ1) is 30.3. The summed E-state index contributed by atoms with van der Waals surface area (Å²) < 4.78 is 5.91. The van der Waals surface area contributed by atoms with Crippen LogP contribution in [0.4, 0.5) is 0 Å². The molecule has 3 rings (SSSR count). The molecule has 0 bridgehead atoms. The zero-order valence-corrected chi connectivity index (χ0v) is 23.3. The molecule has 3 N–H and O–H groups in total. The quantitative estimate of drug-likeness (QED) is 0.432. The summed E-state index contributed by atoms with van der Waals surface area (Å²) in [5.74, 6) is 0.370. The van der Waals surface area contributed by atoms with Crippen molar-refractivity contribution in [1.29, 1.82) is 0 Å². The Kier molecular flexibility index (Phi) is 11.4. The molecule has 1 heterocycles. The fraction of sp³-hybridized carbons (Fsp3) is 0.690. The van der Waals surface area contributed by atoms with Gasteiger partial charge in [-0.3, -0.25) is 9.63 Å². The van der Waals surface area contributed by atoms with Gasteiger partial charge in [-0.2, -0.15) is 5.06 Å². The van der Waals surface area contributed by atoms with Crippen LogP contribution >= 0.6 is 0 Å². The second kappa shape index (κ2) is 13.6. The number of benzene rings is 1. The zero-order valence-electron chi connectivity index (χ0n) is 23.3. The van der Waals surface area contributed by atoms with Gasteiger partial charge >= 0.3 is 0 Å². The number of carbonyl (C=O) groups excluding carboxylic acids is 1. The molecule has 0 aromatic heterocycles. The Morgan fingerprint density at radius 2 is 2.08 bits per heavy atom. The Morgan fingerprint density at radius 3 is 2.67 bits per heavy atom. The maximum Gasteiger partial charge on any atom is 0.240 e. The van der Waals surface area contributed by atoms with Crippen LogP contribution in [0.15, 0.2) is 30.9 Å². The molecule has 1 aliphatic heterocycles. The summed E-state index contributed by atoms with van der Waals surface area (Å²) in [6.45, 7) is 18.5. The van der Waals surface area contributed by atoms with Crippen molar-refractivity contribution < 1.29 is 24.6 Å². The summed E-state index contributed by atoms with van der Waals surface area (Å²) in [4.78, 5) is 19.7. The molecule has 0 spiro atoms. The van der Waals surface area contributed by atoms with Crippen molar-refractivity contribution in [3.8, 4) is 5.75 Å². The molecule has 1 aliphatic carbocycles. The molecule has 1 aromatic carbocycles. The van der Waals surface area contributed by atoms with Crippen LogP contribution in [0.5, 0.6) is 5.75 Å². The molecular weight excluding hydrogens is 456 g/mol. The number of nitrogens with one attached hydrogen (secondary N) is 1. The smallest absolute Gasteiger partial charge is 0.240 e. The first-order valence-electron chi connectivity index (χ1n) is 13.4. The summed E-state index contributed by atoms with van der Waals surface area (Å²) in [5, 5.41) is 25.4. The number of amides is 1. The van der Waals surface area contributed by atoms with Gasteiger partial charge in [0.25, 0.3) is 0 Å². The Morgan fingerprint density at radius 1 is 1.39 bits per heavy atom. The monoisotopic (exact) mass is 504 g/mol. The highest BCUT2D eigenvalue weighted by Crippen LogP contribution is 2.39. The highest BCUT2D eigenvalue weighted by atomic mass is 16.7. The normalized spacial score (nSPS) is 28.5. The number of hydrogen-bond donors (Lipinski definition) is 3. The predicted molar refractivity (Wildman–Crippen MR) is 143 cm³/mol. The average molecular weight is 505 g/mol. The molecule has 204 valence electrons. The maximum absolute atomic E-state index is 13.7. The predicted octanol–water partition coefficient (Wildman–Crippen LogP) is 4.39. The first-order valence-corrected chi connectivity index (χ1v) is 13.4. The largest absolute Gasteiger partial charge is 0.489 e. The van der Waals surface area contributed by atoms with Crippen LogP contribution in [0.25, 0.3) is 0 Å². The third-order valence-electron chi connectivity index (χ3n) is 7.37. The number of carbonyl (C=O) groups is 1. The fourth-order valence-electron chi connectivity index (χ4n) is 5.66. The molecule has 2 aliphatic rings. The summed E-state index contributed by atoms with van der Waals surface area (Å²) in [6, 6.07) is 5.21. The van der Waals surface area contributed by atoms with Gasteiger partial charge < -0.3 is 20.3 Å². The topological polar surface area (TPSA) is 91.3 Å². The van der Waals surface area contributed by atoms with E-state index in [1.807, 2.05) is 39.0 Å². The number of hydrogen-bond acceptors (Lipinski definition) is 6. The lowest BCUT2D eigenvalue weighted by Crippen LogP contribution is -2.53. The molecule has 36 heavy (non-hydrogen) atoms. The van der Waals surface area contributed by atoms with E-state index < -0.39 is 24.2 Å². The highest BCUT2D eigenvalue weighted by molar-refractivity contribution is 5.82. The van der Waals surface area contributed by atoms with E-state index in [9.17, 15) is 15.0 Å². The van der Waals surface area contributed by atoms with Crippen LogP contribution in [0.1, 0.15) is 71.9 Å². The van der Waals surface area contributed by atoms with Gasteiger partial charge in [-0.25, -0.2) is 0 Å². The molecule has 4 unspecified atom stereocenters. The van der Waals surface area contributed by atoms with Crippen molar-refractivity contribution >= 4 is 5.91 Å². The summed E-state index contributed by atoms with van der Waals surface area (Å²) in [7, 11) is 0. The lowest BCUT2D eigenvalue weighted by atomic mass is 9.70. The highest BCUT2D eigenvalue weighted by Gasteiger charge is 2.50. The van der Waals surface area contributed by atoms with E-state index in [4.69, 9.17) is 9.57 Å². The van der Waals surface area contributed by atoms with Crippen LogP contribution in [-0.2, 0) is 16.2 Å². The molecule has 0 radical (unpaired) electrons. The number of hydroxylamine groups is 2. The number of aliphatic hydroxyl groups excluding tert-OH is 2. The van der Waals surface area contributed by atoms with Crippen molar-refractivity contribution in [2.75, 3.05) is 13.2 Å². The number of ether oxygens (including phenoxy) is 1. The zero-order chi connectivity index (χ0) is 27.0. The van der Waals surface area contributed by atoms with Gasteiger partial charge in [0.2, 0.25) is 5.91 Å². The molecule has 6 atom stereocenters. The molecule has 1 saturated carbocycles. The van der Waals surface area contributed by atoms with Gasteiger partial charge in [-0.15, -0.1) is 0 Å². The van der Waals surface area contributed by atoms with Crippen molar-refractivity contribution in [3.05, 3.63) is 42.0 Å². The van der Waals surface area contributed by atoms with E-state index >= 15 is 0 Å². The van der Waals surface area contributed by atoms with Crippen LogP contribution in [0.2, 0.25) is 0 Å². The summed E-state index contributed by atoms with van der Waals surface area (Å²) >= 11 is 0. The molecule has 1 amide bonds. The minimum atomic E-state index is -0.824. The van der Waals surface area contributed by atoms with E-state index in [0.29, 0.717) is 19.1 Å². The second-order valence-corrected chi connectivity index (χ2v) is 10.8. The van der Waals surface area contributed by atoms with Gasteiger partial charge in [-0.1, -0.05) is 65.5 Å². The third kappa shape index (κ3) is 7.31. The third-order valence-corrected chi connectivity index (χ3v) is 7.37. The average Bonchev–Trinajstić information content (AvgIpc) is 3.20. The molecule has 7 heteroatoms. The second-order valence-electron chi connectivity index (χ2n) is 10.8. The lowest BCUT2D eigenvalue weighted by Gasteiger charge is -2.40. The van der Waals surface area contributed by atoms with E-state index in [1.54, 1.807) is 18.1 Å². The Hall–Kier alpha value is -1.93. The molecule has 1 aromatic rings. The van der Waals surface area contributed by atoms with E-state index in [2.05, 4.69) is 32.7 Å². The Labute approximate surface area is 217 Å². The van der Waals surface area contributed by atoms with E-state index in [0.717, 1.165) is 36.1 Å². The van der Waals surface area contributed by atoms with Crippen molar-refractivity contribution in [3.63, 3.8) is 0 Å². The lowest BCUT2D eigenvalue weighted by molar-refractivity contribution is -0.182. The molecular formula is C29H48N2O5. The minimum Gasteiger partial charge on any atom is -0.489 e. The Bertz CT molecular complexity index is 856. The summed E-state index contributed by atoms with van der Waals surface area (Å²) in [5.41, 5.74) is 2.12. The van der Waals surface area contributed by atoms with Crippen LogP contribution in [0.3, 0.4) is 0 Å². The van der Waals surface area contributed by atoms with E-state index in [-0.39, 0.29) is 24.0 Å². The Balaban J connectivity index is 0.00000222. The number of aliphatic hydroxyl groups is 2. The number of aryl methyl sites for hydroxylation is 1. The molecule has 2 fully saturated rings. The number of nitrogens with zero attached hydrogens (tertiary/aromatic N) is 1. The number of rotatable bonds is 9. The van der Waals surface area contributed by atoms with Crippen molar-refractivity contribution in [2.45, 2.75) is 98.6 Å². The van der Waals surface area contributed by atoms with Gasteiger partial charge in [0, 0.05) is 17.5 Å².